The van der Waals surface area contributed by atoms with Crippen LogP contribution in [0.5, 0.6) is 11.5 Å². The molecule has 2 unspecified atom stereocenters. The first kappa shape index (κ1) is 19.3. The number of rotatable bonds is 6. The molecule has 3 nitrogen and oxygen atoms in total. The molecular formula is C26H26O3. The van der Waals surface area contributed by atoms with Crippen molar-refractivity contribution < 1.29 is 14.9 Å². The minimum atomic E-state index is -0.268. The molecule has 3 heteroatoms. The fourth-order valence-electron chi connectivity index (χ4n) is 3.98. The van der Waals surface area contributed by atoms with Gasteiger partial charge < -0.3 is 14.9 Å². The molecule has 0 bridgehead atoms. The van der Waals surface area contributed by atoms with Gasteiger partial charge in [-0.1, -0.05) is 62.4 Å². The molecule has 0 fully saturated rings. The van der Waals surface area contributed by atoms with Gasteiger partial charge in [0.2, 0.25) is 0 Å². The summed E-state index contributed by atoms with van der Waals surface area (Å²) in [5, 5.41) is 25.4. The van der Waals surface area contributed by atoms with Crippen molar-refractivity contribution in [3.05, 3.63) is 83.9 Å². The Labute approximate surface area is 171 Å². The zero-order valence-electron chi connectivity index (χ0n) is 16.8. The van der Waals surface area contributed by atoms with Gasteiger partial charge in [-0.15, -0.1) is 0 Å². The van der Waals surface area contributed by atoms with Crippen molar-refractivity contribution in [2.75, 3.05) is 0 Å². The van der Waals surface area contributed by atoms with Gasteiger partial charge in [0.25, 0.3) is 0 Å². The average molecular weight is 386 g/mol. The van der Waals surface area contributed by atoms with E-state index in [2.05, 4.69) is 0 Å². The van der Waals surface area contributed by atoms with Crippen molar-refractivity contribution >= 4 is 21.5 Å². The minimum absolute atomic E-state index is 0.244. The maximum Gasteiger partial charge on any atom is 0.122 e. The maximum absolute atomic E-state index is 10.6. The molecule has 4 rings (SSSR count). The lowest BCUT2D eigenvalue weighted by molar-refractivity contribution is -0.0210. The molecule has 4 aromatic carbocycles. The summed E-state index contributed by atoms with van der Waals surface area (Å²) in [6.07, 6.45) is 0.902. The third kappa shape index (κ3) is 3.79. The summed E-state index contributed by atoms with van der Waals surface area (Å²) in [5.74, 6) is 0.487. The molecule has 29 heavy (non-hydrogen) atoms. The molecular weight excluding hydrogens is 360 g/mol. The third-order valence-corrected chi connectivity index (χ3v) is 5.55. The van der Waals surface area contributed by atoms with Crippen LogP contribution in [0.3, 0.4) is 0 Å². The summed E-state index contributed by atoms with van der Waals surface area (Å²) >= 11 is 0. The summed E-state index contributed by atoms with van der Waals surface area (Å²) in [7, 11) is 0. The van der Waals surface area contributed by atoms with E-state index in [-0.39, 0.29) is 23.7 Å². The lowest BCUT2D eigenvalue weighted by Crippen LogP contribution is -2.10. The highest BCUT2D eigenvalue weighted by Gasteiger charge is 2.23. The highest BCUT2D eigenvalue weighted by atomic mass is 16.5. The predicted molar refractivity (Wildman–Crippen MR) is 118 cm³/mol. The lowest BCUT2D eigenvalue weighted by atomic mass is 9.98. The Balaban J connectivity index is 1.70. The fourth-order valence-corrected chi connectivity index (χ4v) is 3.98. The largest absolute Gasteiger partial charge is 0.508 e. The van der Waals surface area contributed by atoms with Gasteiger partial charge in [0.05, 0.1) is 12.2 Å². The molecule has 0 spiro atoms. The number of fused-ring (bicyclic) bond motifs is 2. The predicted octanol–water partition coefficient (Wildman–Crippen LogP) is 7.02. The van der Waals surface area contributed by atoms with Gasteiger partial charge in [-0.25, -0.2) is 0 Å². The summed E-state index contributed by atoms with van der Waals surface area (Å²) in [6.45, 7) is 4.10. The van der Waals surface area contributed by atoms with Crippen LogP contribution in [0.15, 0.2) is 72.8 Å². The molecule has 4 aromatic rings. The number of phenolic OH excluding ortho intramolecular Hbond substituents is 2. The number of hydrogen-bond donors (Lipinski definition) is 2. The molecule has 0 saturated heterocycles. The topological polar surface area (TPSA) is 49.7 Å². The van der Waals surface area contributed by atoms with Crippen molar-refractivity contribution in [3.63, 3.8) is 0 Å². The monoisotopic (exact) mass is 386 g/mol. The molecule has 0 radical (unpaired) electrons. The van der Waals surface area contributed by atoms with E-state index in [9.17, 15) is 10.2 Å². The summed E-state index contributed by atoms with van der Waals surface area (Å²) in [6, 6.07) is 23.6. The lowest BCUT2D eigenvalue weighted by Gasteiger charge is -2.26. The molecule has 148 valence electrons. The average Bonchev–Trinajstić information content (AvgIpc) is 2.74. The van der Waals surface area contributed by atoms with E-state index in [1.807, 2.05) is 74.5 Å². The minimum Gasteiger partial charge on any atom is -0.508 e. The van der Waals surface area contributed by atoms with E-state index >= 15 is 0 Å². The van der Waals surface area contributed by atoms with Crippen molar-refractivity contribution in [1.82, 2.24) is 0 Å². The molecule has 0 aliphatic carbocycles. The first-order chi connectivity index (χ1) is 14.1. The Morgan fingerprint density at radius 2 is 0.966 bits per heavy atom. The van der Waals surface area contributed by atoms with Crippen LogP contribution in [-0.4, -0.2) is 10.2 Å². The SMILES string of the molecule is CCC(OC(CC)c1cc2ccccc2cc1O)c1cc2ccccc2cc1O. The van der Waals surface area contributed by atoms with E-state index < -0.39 is 0 Å². The highest BCUT2D eigenvalue weighted by Crippen LogP contribution is 2.40. The molecule has 0 amide bonds. The van der Waals surface area contributed by atoms with E-state index in [0.29, 0.717) is 0 Å². The quantitative estimate of drug-likeness (QED) is 0.374. The van der Waals surface area contributed by atoms with Gasteiger partial charge in [-0.3, -0.25) is 0 Å². The van der Waals surface area contributed by atoms with Gasteiger partial charge in [0, 0.05) is 11.1 Å². The summed E-state index contributed by atoms with van der Waals surface area (Å²) in [4.78, 5) is 0. The van der Waals surface area contributed by atoms with Crippen LogP contribution in [0.2, 0.25) is 0 Å². The van der Waals surface area contributed by atoms with Crippen molar-refractivity contribution in [2.24, 2.45) is 0 Å². The number of phenols is 2. The first-order valence-corrected chi connectivity index (χ1v) is 10.2. The zero-order valence-corrected chi connectivity index (χ0v) is 16.8. The van der Waals surface area contributed by atoms with Crippen LogP contribution in [-0.2, 0) is 4.74 Å². The van der Waals surface area contributed by atoms with Gasteiger partial charge in [-0.2, -0.15) is 0 Å². The van der Waals surface area contributed by atoms with Gasteiger partial charge in [0.15, 0.2) is 0 Å². The van der Waals surface area contributed by atoms with Gasteiger partial charge >= 0.3 is 0 Å². The second-order valence-electron chi connectivity index (χ2n) is 7.45. The van der Waals surface area contributed by atoms with E-state index in [0.717, 1.165) is 45.5 Å². The van der Waals surface area contributed by atoms with Crippen molar-refractivity contribution in [2.45, 2.75) is 38.9 Å². The Bertz CT molecular complexity index is 1060. The Hall–Kier alpha value is -3.04. The maximum atomic E-state index is 10.6. The molecule has 2 atom stereocenters. The van der Waals surface area contributed by atoms with Gasteiger partial charge in [-0.05, 0) is 58.7 Å². The summed E-state index contributed by atoms with van der Waals surface area (Å²) in [5.41, 5.74) is 1.56. The molecule has 0 heterocycles. The summed E-state index contributed by atoms with van der Waals surface area (Å²) < 4.78 is 6.46. The van der Waals surface area contributed by atoms with Crippen LogP contribution in [0, 0.1) is 0 Å². The van der Waals surface area contributed by atoms with Crippen molar-refractivity contribution in [1.29, 1.82) is 0 Å². The number of benzene rings is 4. The number of ether oxygens (including phenoxy) is 1. The number of aromatic hydroxyl groups is 2. The smallest absolute Gasteiger partial charge is 0.122 e. The third-order valence-electron chi connectivity index (χ3n) is 5.55. The molecule has 0 aliphatic rings. The zero-order chi connectivity index (χ0) is 20.4. The Kier molecular flexibility index (Phi) is 5.41. The van der Waals surface area contributed by atoms with Crippen LogP contribution < -0.4 is 0 Å². The Morgan fingerprint density at radius 1 is 0.621 bits per heavy atom. The standard InChI is InChI=1S/C26H26O3/c1-3-25(21-13-17-9-5-7-11-19(17)15-23(21)27)29-26(4-2)22-14-18-10-6-8-12-20(18)16-24(22)28/h5-16,25-28H,3-4H2,1-2H3. The van der Waals surface area contributed by atoms with E-state index in [4.69, 9.17) is 4.74 Å². The second kappa shape index (κ2) is 8.14. The van der Waals surface area contributed by atoms with Crippen LogP contribution in [0.1, 0.15) is 50.0 Å². The molecule has 0 saturated carbocycles. The van der Waals surface area contributed by atoms with Crippen LogP contribution >= 0.6 is 0 Å². The molecule has 0 aliphatic heterocycles. The normalized spacial score (nSPS) is 13.6. The number of hydrogen-bond acceptors (Lipinski definition) is 3. The molecule has 0 aromatic heterocycles. The van der Waals surface area contributed by atoms with Crippen LogP contribution in [0.25, 0.3) is 21.5 Å². The fraction of sp³-hybridized carbons (Fsp3) is 0.231. The first-order valence-electron chi connectivity index (χ1n) is 10.2. The second-order valence-corrected chi connectivity index (χ2v) is 7.45. The van der Waals surface area contributed by atoms with Gasteiger partial charge in [0.1, 0.15) is 11.5 Å². The van der Waals surface area contributed by atoms with E-state index in [1.54, 1.807) is 12.1 Å². The van der Waals surface area contributed by atoms with E-state index in [1.165, 1.54) is 0 Å². The van der Waals surface area contributed by atoms with Crippen LogP contribution in [0.4, 0.5) is 0 Å². The molecule has 2 N–H and O–H groups in total. The Morgan fingerprint density at radius 3 is 1.31 bits per heavy atom. The van der Waals surface area contributed by atoms with Crippen molar-refractivity contribution in [3.8, 4) is 11.5 Å². The highest BCUT2D eigenvalue weighted by molar-refractivity contribution is 5.85.